The van der Waals surface area contributed by atoms with Crippen LogP contribution >= 0.6 is 11.3 Å². The smallest absolute Gasteiger partial charge is 0.260 e. The van der Waals surface area contributed by atoms with Crippen molar-refractivity contribution >= 4 is 42.6 Å². The molecular weight excluding hydrogens is 482 g/mol. The third kappa shape index (κ3) is 4.80. The molecule has 35 heavy (non-hydrogen) atoms. The zero-order chi connectivity index (χ0) is 24.4. The minimum Gasteiger partial charge on any atom is -0.497 e. The van der Waals surface area contributed by atoms with Crippen molar-refractivity contribution in [2.75, 3.05) is 25.1 Å². The van der Waals surface area contributed by atoms with Crippen molar-refractivity contribution in [3.63, 3.8) is 0 Å². The zero-order valence-electron chi connectivity index (χ0n) is 19.3. The Kier molecular flexibility index (Phi) is 6.55. The van der Waals surface area contributed by atoms with Crippen LogP contribution in [0.25, 0.3) is 10.2 Å². The van der Waals surface area contributed by atoms with Gasteiger partial charge >= 0.3 is 0 Å². The van der Waals surface area contributed by atoms with E-state index >= 15 is 0 Å². The molecule has 0 saturated carbocycles. The SMILES string of the molecule is COc1ccc2sc(N(Cc3ccccc3)C(=O)c3ccc(S(=O)(=O)N4CCCC4)cc3)nc2c1. The van der Waals surface area contributed by atoms with Crippen LogP contribution < -0.4 is 9.64 Å². The van der Waals surface area contributed by atoms with Gasteiger partial charge in [0, 0.05) is 24.7 Å². The van der Waals surface area contributed by atoms with Crippen LogP contribution in [-0.4, -0.2) is 43.8 Å². The molecule has 0 N–H and O–H groups in total. The first kappa shape index (κ1) is 23.5. The summed E-state index contributed by atoms with van der Waals surface area (Å²) in [6.07, 6.45) is 1.75. The van der Waals surface area contributed by atoms with Crippen LogP contribution in [0.5, 0.6) is 5.75 Å². The summed E-state index contributed by atoms with van der Waals surface area (Å²) in [7, 11) is -1.94. The van der Waals surface area contributed by atoms with Crippen molar-refractivity contribution in [2.24, 2.45) is 0 Å². The fraction of sp³-hybridized carbons (Fsp3) is 0.231. The van der Waals surface area contributed by atoms with Crippen LogP contribution in [0.2, 0.25) is 0 Å². The second-order valence-corrected chi connectivity index (χ2v) is 11.3. The average molecular weight is 508 g/mol. The number of sulfonamides is 1. The van der Waals surface area contributed by atoms with Gasteiger partial charge in [-0.05, 0) is 54.8 Å². The Bertz CT molecular complexity index is 1450. The molecule has 1 aliphatic heterocycles. The van der Waals surface area contributed by atoms with Gasteiger partial charge in [-0.2, -0.15) is 4.31 Å². The minimum atomic E-state index is -3.54. The maximum Gasteiger partial charge on any atom is 0.260 e. The lowest BCUT2D eigenvalue weighted by Crippen LogP contribution is -2.30. The van der Waals surface area contributed by atoms with Crippen LogP contribution in [0.4, 0.5) is 5.13 Å². The van der Waals surface area contributed by atoms with Crippen molar-refractivity contribution in [1.82, 2.24) is 9.29 Å². The predicted molar refractivity (Wildman–Crippen MR) is 138 cm³/mol. The van der Waals surface area contributed by atoms with Gasteiger partial charge in [-0.15, -0.1) is 0 Å². The van der Waals surface area contributed by atoms with Crippen LogP contribution in [0, 0.1) is 0 Å². The number of fused-ring (bicyclic) bond motifs is 1. The molecule has 1 aromatic heterocycles. The molecule has 5 rings (SSSR count). The standard InChI is InChI=1S/C26H25N3O4S2/c1-33-21-11-14-24-23(17-21)27-26(34-24)29(18-19-7-3-2-4-8-19)25(30)20-9-12-22(13-10-20)35(31,32)28-15-5-6-16-28/h2-4,7-14,17H,5-6,15-16,18H2,1H3. The van der Waals surface area contributed by atoms with E-state index in [9.17, 15) is 13.2 Å². The van der Waals surface area contributed by atoms with E-state index in [2.05, 4.69) is 0 Å². The number of hydrogen-bond donors (Lipinski definition) is 0. The molecule has 180 valence electrons. The molecule has 0 spiro atoms. The summed E-state index contributed by atoms with van der Waals surface area (Å²) in [5.41, 5.74) is 2.12. The van der Waals surface area contributed by atoms with Crippen molar-refractivity contribution in [3.8, 4) is 5.75 Å². The summed E-state index contributed by atoms with van der Waals surface area (Å²) in [4.78, 5) is 20.2. The molecule has 1 fully saturated rings. The number of hydrogen-bond acceptors (Lipinski definition) is 6. The first-order chi connectivity index (χ1) is 17.0. The molecule has 4 aromatic rings. The third-order valence-electron chi connectivity index (χ3n) is 6.05. The summed E-state index contributed by atoms with van der Waals surface area (Å²) in [6.45, 7) is 1.41. The number of benzene rings is 3. The Labute approximate surface area is 208 Å². The lowest BCUT2D eigenvalue weighted by molar-refractivity contribution is 0.0985. The van der Waals surface area contributed by atoms with Crippen molar-refractivity contribution in [1.29, 1.82) is 0 Å². The Hall–Kier alpha value is -3.27. The molecule has 0 atom stereocenters. The maximum absolute atomic E-state index is 13.7. The van der Waals surface area contributed by atoms with E-state index in [1.54, 1.807) is 24.1 Å². The maximum atomic E-state index is 13.7. The summed E-state index contributed by atoms with van der Waals surface area (Å²) in [6, 6.07) is 21.6. The van der Waals surface area contributed by atoms with Crippen molar-refractivity contribution < 1.29 is 17.9 Å². The molecule has 2 heterocycles. The molecule has 0 unspecified atom stereocenters. The van der Waals surface area contributed by atoms with Gasteiger partial charge in [0.15, 0.2) is 5.13 Å². The van der Waals surface area contributed by atoms with Gasteiger partial charge in [0.1, 0.15) is 5.75 Å². The number of anilines is 1. The van der Waals surface area contributed by atoms with E-state index in [1.807, 2.05) is 48.5 Å². The highest BCUT2D eigenvalue weighted by molar-refractivity contribution is 7.89. The van der Waals surface area contributed by atoms with Crippen LogP contribution in [0.1, 0.15) is 28.8 Å². The second-order valence-electron chi connectivity index (χ2n) is 8.34. The molecule has 0 radical (unpaired) electrons. The summed E-state index contributed by atoms with van der Waals surface area (Å²) < 4.78 is 33.5. The second kappa shape index (κ2) is 9.77. The number of nitrogens with zero attached hydrogens (tertiary/aromatic N) is 3. The van der Waals surface area contributed by atoms with Crippen LogP contribution in [0.3, 0.4) is 0 Å². The molecule has 0 aliphatic carbocycles. The molecule has 7 nitrogen and oxygen atoms in total. The monoisotopic (exact) mass is 507 g/mol. The van der Waals surface area contributed by atoms with Gasteiger partial charge in [0.2, 0.25) is 10.0 Å². The molecule has 3 aromatic carbocycles. The summed E-state index contributed by atoms with van der Waals surface area (Å²) >= 11 is 1.43. The minimum absolute atomic E-state index is 0.206. The molecule has 1 amide bonds. The van der Waals surface area contributed by atoms with Gasteiger partial charge in [-0.3, -0.25) is 9.69 Å². The van der Waals surface area contributed by atoms with Crippen molar-refractivity contribution in [3.05, 3.63) is 83.9 Å². The molecule has 9 heteroatoms. The summed E-state index contributed by atoms with van der Waals surface area (Å²) in [5, 5.41) is 0.566. The number of carbonyl (C=O) groups excluding carboxylic acids is 1. The highest BCUT2D eigenvalue weighted by atomic mass is 32.2. The quantitative estimate of drug-likeness (QED) is 0.354. The largest absolute Gasteiger partial charge is 0.497 e. The number of rotatable bonds is 7. The normalized spacial score (nSPS) is 14.3. The number of thiazole rings is 1. The number of methoxy groups -OCH3 is 1. The molecule has 0 bridgehead atoms. The van der Waals surface area contributed by atoms with Crippen LogP contribution in [-0.2, 0) is 16.6 Å². The Balaban J connectivity index is 1.48. The van der Waals surface area contributed by atoms with Crippen LogP contribution in [0.15, 0.2) is 77.7 Å². The lowest BCUT2D eigenvalue weighted by Gasteiger charge is -2.20. The first-order valence-corrected chi connectivity index (χ1v) is 13.6. The molecule has 1 aliphatic rings. The van der Waals surface area contributed by atoms with E-state index in [0.717, 1.165) is 28.6 Å². The van der Waals surface area contributed by atoms with E-state index in [1.165, 1.54) is 27.8 Å². The highest BCUT2D eigenvalue weighted by Crippen LogP contribution is 2.33. The number of carbonyl (C=O) groups is 1. The number of amides is 1. The van der Waals surface area contributed by atoms with Gasteiger partial charge in [0.05, 0.1) is 28.8 Å². The van der Waals surface area contributed by atoms with E-state index in [0.29, 0.717) is 36.1 Å². The fourth-order valence-corrected chi connectivity index (χ4v) is 6.59. The number of aromatic nitrogens is 1. The average Bonchev–Trinajstić information content (AvgIpc) is 3.58. The van der Waals surface area contributed by atoms with Gasteiger partial charge < -0.3 is 4.74 Å². The topological polar surface area (TPSA) is 79.8 Å². The van der Waals surface area contributed by atoms with E-state index in [-0.39, 0.29) is 10.8 Å². The van der Waals surface area contributed by atoms with E-state index in [4.69, 9.17) is 9.72 Å². The summed E-state index contributed by atoms with van der Waals surface area (Å²) in [5.74, 6) is 0.454. The number of ether oxygens (including phenoxy) is 1. The molecular formula is C26H25N3O4S2. The van der Waals surface area contributed by atoms with Crippen molar-refractivity contribution in [2.45, 2.75) is 24.3 Å². The first-order valence-electron chi connectivity index (χ1n) is 11.4. The lowest BCUT2D eigenvalue weighted by atomic mass is 10.1. The molecule has 1 saturated heterocycles. The van der Waals surface area contributed by atoms with Gasteiger partial charge in [0.25, 0.3) is 5.91 Å². The third-order valence-corrected chi connectivity index (χ3v) is 9.02. The Morgan fingerprint density at radius 1 is 1.03 bits per heavy atom. The predicted octanol–water partition coefficient (Wildman–Crippen LogP) is 4.94. The fourth-order valence-electron chi connectivity index (χ4n) is 4.13. The zero-order valence-corrected chi connectivity index (χ0v) is 20.9. The van der Waals surface area contributed by atoms with Gasteiger partial charge in [-0.1, -0.05) is 41.7 Å². The highest BCUT2D eigenvalue weighted by Gasteiger charge is 2.28. The Morgan fingerprint density at radius 2 is 1.74 bits per heavy atom. The van der Waals surface area contributed by atoms with E-state index < -0.39 is 10.0 Å². The Morgan fingerprint density at radius 3 is 2.43 bits per heavy atom. The van der Waals surface area contributed by atoms with Gasteiger partial charge in [-0.25, -0.2) is 13.4 Å².